The maximum atomic E-state index is 14.3. The Morgan fingerprint density at radius 3 is 2.74 bits per heavy atom. The van der Waals surface area contributed by atoms with E-state index < -0.39 is 0 Å². The number of aryl methyl sites for hydroxylation is 1. The number of likely N-dealkylation sites (N-methyl/N-ethyl adjacent to an activating group) is 1. The molecule has 9 nitrogen and oxygen atoms in total. The van der Waals surface area contributed by atoms with E-state index in [0.717, 1.165) is 74.9 Å². The molecule has 3 unspecified atom stereocenters. The van der Waals surface area contributed by atoms with Gasteiger partial charge in [-0.25, -0.2) is 9.37 Å². The van der Waals surface area contributed by atoms with E-state index in [0.29, 0.717) is 19.1 Å². The quantitative estimate of drug-likeness (QED) is 0.489. The van der Waals surface area contributed by atoms with Crippen molar-refractivity contribution in [2.24, 2.45) is 0 Å². The van der Waals surface area contributed by atoms with E-state index in [1.165, 1.54) is 17.2 Å². The topological polar surface area (TPSA) is 82.8 Å². The van der Waals surface area contributed by atoms with Crippen molar-refractivity contribution < 1.29 is 9.18 Å². The second kappa shape index (κ2) is 11.5. The van der Waals surface area contributed by atoms with Crippen LogP contribution in [0.3, 0.4) is 0 Å². The number of benzene rings is 1. The highest BCUT2D eigenvalue weighted by molar-refractivity contribution is 5.87. The third-order valence-corrected chi connectivity index (χ3v) is 9.63. The number of nitrogens with zero attached hydrogens (tertiary/aromatic N) is 8. The Morgan fingerprint density at radius 2 is 2.00 bits per heavy atom. The van der Waals surface area contributed by atoms with E-state index >= 15 is 0 Å². The van der Waals surface area contributed by atoms with Gasteiger partial charge in [0.2, 0.25) is 11.9 Å². The summed E-state index contributed by atoms with van der Waals surface area (Å²) >= 11 is 0. The van der Waals surface area contributed by atoms with Gasteiger partial charge in [-0.1, -0.05) is 12.6 Å². The van der Waals surface area contributed by atoms with Gasteiger partial charge >= 0.3 is 0 Å². The first-order valence-corrected chi connectivity index (χ1v) is 15.2. The average Bonchev–Trinajstić information content (AvgIpc) is 2.95. The first-order valence-electron chi connectivity index (χ1n) is 15.2. The van der Waals surface area contributed by atoms with Crippen molar-refractivity contribution in [2.45, 2.75) is 69.6 Å². The summed E-state index contributed by atoms with van der Waals surface area (Å²) < 4.78 is 14.3. The highest BCUT2D eigenvalue weighted by Crippen LogP contribution is 2.38. The highest BCUT2D eigenvalue weighted by Gasteiger charge is 2.39. The number of nitriles is 1. The number of carbonyl (C=O) groups excluding carboxylic acids is 1. The van der Waals surface area contributed by atoms with Gasteiger partial charge in [-0.15, -0.1) is 0 Å². The largest absolute Gasteiger partial charge is 0.368 e. The molecule has 0 radical (unpaired) electrons. The van der Waals surface area contributed by atoms with Crippen LogP contribution in [-0.2, 0) is 24.1 Å². The molecule has 42 heavy (non-hydrogen) atoms. The second-order valence-corrected chi connectivity index (χ2v) is 12.5. The molecule has 2 saturated heterocycles. The van der Waals surface area contributed by atoms with Gasteiger partial charge in [0, 0.05) is 68.5 Å². The molecule has 1 aromatic heterocycles. The molecule has 3 aliphatic heterocycles. The fourth-order valence-corrected chi connectivity index (χ4v) is 7.11. The van der Waals surface area contributed by atoms with Gasteiger partial charge in [0.05, 0.1) is 24.2 Å². The Hall–Kier alpha value is -3.71. The number of fused-ring (bicyclic) bond motifs is 2. The number of piperazine rings is 1. The fourth-order valence-electron chi connectivity index (χ4n) is 7.11. The Morgan fingerprint density at radius 1 is 1.19 bits per heavy atom. The molecule has 1 aromatic carbocycles. The summed E-state index contributed by atoms with van der Waals surface area (Å²) in [7, 11) is 4.21. The molecule has 4 aliphatic rings. The molecule has 222 valence electrons. The number of anilines is 3. The molecule has 6 rings (SSSR count). The van der Waals surface area contributed by atoms with E-state index in [9.17, 15) is 14.4 Å². The van der Waals surface area contributed by atoms with Crippen LogP contribution >= 0.6 is 0 Å². The molecule has 0 bridgehead atoms. The van der Waals surface area contributed by atoms with Crippen molar-refractivity contribution in [1.29, 1.82) is 5.26 Å². The van der Waals surface area contributed by atoms with Crippen molar-refractivity contribution in [1.82, 2.24) is 19.8 Å². The molecule has 10 heteroatoms. The number of hydrogen-bond donors (Lipinski definition) is 0. The van der Waals surface area contributed by atoms with E-state index in [4.69, 9.17) is 9.97 Å². The number of hydrogen-bond acceptors (Lipinski definition) is 8. The van der Waals surface area contributed by atoms with Crippen molar-refractivity contribution in [3.05, 3.63) is 53.5 Å². The number of carbonyl (C=O) groups is 1. The lowest BCUT2D eigenvalue weighted by Crippen LogP contribution is -2.60. The van der Waals surface area contributed by atoms with Gasteiger partial charge in [-0.3, -0.25) is 4.79 Å². The Labute approximate surface area is 248 Å². The van der Waals surface area contributed by atoms with E-state index in [2.05, 4.69) is 53.3 Å². The van der Waals surface area contributed by atoms with Crippen molar-refractivity contribution in [3.8, 4) is 6.07 Å². The van der Waals surface area contributed by atoms with Crippen molar-refractivity contribution >= 4 is 23.4 Å². The predicted molar refractivity (Wildman–Crippen MR) is 162 cm³/mol. The molecule has 3 atom stereocenters. The number of rotatable bonds is 6. The summed E-state index contributed by atoms with van der Waals surface area (Å²) in [5.74, 6) is 1.37. The summed E-state index contributed by atoms with van der Waals surface area (Å²) in [6, 6.07) is 7.99. The van der Waals surface area contributed by atoms with Gasteiger partial charge in [-0.05, 0) is 70.5 Å². The van der Waals surface area contributed by atoms with Crippen LogP contribution in [0.4, 0.5) is 21.8 Å². The van der Waals surface area contributed by atoms with Crippen LogP contribution in [-0.4, -0.2) is 96.7 Å². The van der Waals surface area contributed by atoms with Crippen molar-refractivity contribution in [2.75, 3.05) is 61.5 Å². The van der Waals surface area contributed by atoms with Crippen LogP contribution in [0.2, 0.25) is 0 Å². The number of amides is 1. The smallest absolute Gasteiger partial charge is 0.246 e. The monoisotopic (exact) mass is 572 g/mol. The van der Waals surface area contributed by atoms with Crippen LogP contribution in [0.15, 0.2) is 30.9 Å². The standard InChI is InChI=1S/C32H41FN8O/c1-5-30(42)41-17-21(2)40(20-25(41)12-13-34)31-27-11-10-24(39-14-6-7-22-8-9-23(33)15-29(22)39)16-28(27)35-32(36-31)38-18-26(19-38)37(3)4/h5,8-9,15,21,24-26H,1,6-7,10-12,14,16-20H2,2-4H3. The minimum Gasteiger partial charge on any atom is -0.368 e. The van der Waals surface area contributed by atoms with Crippen LogP contribution < -0.4 is 14.7 Å². The van der Waals surface area contributed by atoms with Crippen LogP contribution in [0.5, 0.6) is 0 Å². The van der Waals surface area contributed by atoms with Crippen LogP contribution in [0.25, 0.3) is 0 Å². The minimum atomic E-state index is -0.232. The van der Waals surface area contributed by atoms with Gasteiger partial charge < -0.3 is 24.5 Å². The van der Waals surface area contributed by atoms with Gasteiger partial charge in [0.25, 0.3) is 0 Å². The molecule has 0 spiro atoms. The summed E-state index contributed by atoms with van der Waals surface area (Å²) in [6.45, 7) is 9.53. The molecule has 2 fully saturated rings. The maximum Gasteiger partial charge on any atom is 0.246 e. The molecule has 4 heterocycles. The first-order chi connectivity index (χ1) is 20.3. The number of aromatic nitrogens is 2. The molecule has 0 saturated carbocycles. The molecular weight excluding hydrogens is 531 g/mol. The maximum absolute atomic E-state index is 14.3. The van der Waals surface area contributed by atoms with Gasteiger partial charge in [0.1, 0.15) is 11.6 Å². The lowest BCUT2D eigenvalue weighted by atomic mass is 9.88. The zero-order valence-corrected chi connectivity index (χ0v) is 25.0. The molecule has 1 amide bonds. The lowest BCUT2D eigenvalue weighted by Gasteiger charge is -2.47. The Bertz CT molecular complexity index is 1400. The van der Waals surface area contributed by atoms with E-state index in [-0.39, 0.29) is 36.3 Å². The number of halogens is 1. The molecule has 0 N–H and O–H groups in total. The normalized spacial score (nSPS) is 24.1. The Balaban J connectivity index is 1.35. The summed E-state index contributed by atoms with van der Waals surface area (Å²) in [4.78, 5) is 34.0. The fraction of sp³-hybridized carbons (Fsp3) is 0.562. The minimum absolute atomic E-state index is 0.0243. The zero-order chi connectivity index (χ0) is 29.5. The lowest BCUT2D eigenvalue weighted by molar-refractivity contribution is -0.129. The molecule has 1 aliphatic carbocycles. The zero-order valence-electron chi connectivity index (χ0n) is 25.0. The first kappa shape index (κ1) is 28.4. The third kappa shape index (κ3) is 5.19. The summed E-state index contributed by atoms with van der Waals surface area (Å²) in [5.41, 5.74) is 4.48. The average molecular weight is 573 g/mol. The molecular formula is C32H41FN8O. The van der Waals surface area contributed by atoms with Crippen LogP contribution in [0, 0.1) is 17.1 Å². The third-order valence-electron chi connectivity index (χ3n) is 9.63. The summed E-state index contributed by atoms with van der Waals surface area (Å²) in [6.07, 6.45) is 6.20. The van der Waals surface area contributed by atoms with E-state index in [1.807, 2.05) is 6.07 Å². The predicted octanol–water partition coefficient (Wildman–Crippen LogP) is 3.18. The van der Waals surface area contributed by atoms with Gasteiger partial charge in [-0.2, -0.15) is 10.2 Å². The van der Waals surface area contributed by atoms with E-state index in [1.54, 1.807) is 17.0 Å². The second-order valence-electron chi connectivity index (χ2n) is 12.5. The Kier molecular flexibility index (Phi) is 7.79. The van der Waals surface area contributed by atoms with Crippen LogP contribution in [0.1, 0.15) is 43.0 Å². The van der Waals surface area contributed by atoms with Crippen molar-refractivity contribution in [3.63, 3.8) is 0 Å². The summed E-state index contributed by atoms with van der Waals surface area (Å²) in [5, 5.41) is 9.57. The van der Waals surface area contributed by atoms with Gasteiger partial charge in [0.15, 0.2) is 0 Å². The molecule has 2 aromatic rings. The highest BCUT2D eigenvalue weighted by atomic mass is 19.1. The SMILES string of the molecule is C=CC(=O)N1CC(C)N(c2nc(N3CC(N(C)C)C3)nc3c2CCC(N2CCCc4ccc(F)cc42)C3)CC1CC#N.